The Morgan fingerprint density at radius 2 is 2.13 bits per heavy atom. The van der Waals surface area contributed by atoms with E-state index in [2.05, 4.69) is 25.5 Å². The smallest absolute Gasteiger partial charge is 0.225 e. The molecular weight excluding hydrogens is 320 g/mol. The van der Waals surface area contributed by atoms with E-state index < -0.39 is 0 Å². The second-order valence-electron chi connectivity index (χ2n) is 4.82. The van der Waals surface area contributed by atoms with Gasteiger partial charge in [-0.2, -0.15) is 14.6 Å². The lowest BCUT2D eigenvalue weighted by atomic mass is 10.3. The molecule has 0 fully saturated rings. The Morgan fingerprint density at radius 1 is 1.30 bits per heavy atom. The summed E-state index contributed by atoms with van der Waals surface area (Å²) in [4.78, 5) is 8.84. The van der Waals surface area contributed by atoms with Gasteiger partial charge in [-0.3, -0.25) is 4.68 Å². The van der Waals surface area contributed by atoms with Crippen molar-refractivity contribution >= 4 is 40.9 Å². The molecule has 0 aliphatic rings. The molecule has 9 nitrogen and oxygen atoms in total. The summed E-state index contributed by atoms with van der Waals surface area (Å²) in [7, 11) is 1.84. The number of rotatable bonds is 3. The van der Waals surface area contributed by atoms with Gasteiger partial charge >= 0.3 is 0 Å². The Hall–Kier alpha value is -2.81. The van der Waals surface area contributed by atoms with Gasteiger partial charge in [-0.15, -0.1) is 17.5 Å². The van der Waals surface area contributed by atoms with Crippen molar-refractivity contribution in [2.45, 2.75) is 6.92 Å². The minimum Gasteiger partial charge on any atom is -0.461 e. The van der Waals surface area contributed by atoms with Crippen LogP contribution in [0.25, 0.3) is 28.3 Å². The van der Waals surface area contributed by atoms with Crippen LogP contribution in [0, 0.1) is 0 Å². The molecule has 4 heterocycles. The van der Waals surface area contributed by atoms with Crippen LogP contribution in [0.2, 0.25) is 0 Å². The number of nitrogens with zero attached hydrogens (tertiary/aromatic N) is 6. The highest BCUT2D eigenvalue weighted by Crippen LogP contribution is 2.28. The van der Waals surface area contributed by atoms with Gasteiger partial charge in [0.25, 0.3) is 0 Å². The van der Waals surface area contributed by atoms with E-state index in [1.165, 1.54) is 4.52 Å². The number of hydrogen-bond acceptors (Lipinski definition) is 7. The summed E-state index contributed by atoms with van der Waals surface area (Å²) in [5.74, 6) is 2.09. The molecule has 0 saturated carbocycles. The molecule has 3 N–H and O–H groups in total. The first-order chi connectivity index (χ1) is 10.7. The van der Waals surface area contributed by atoms with E-state index in [0.717, 1.165) is 17.7 Å². The quantitative estimate of drug-likeness (QED) is 0.586. The number of nitrogens with two attached hydrogens (primary N) is 1. The van der Waals surface area contributed by atoms with Gasteiger partial charge in [0.05, 0.1) is 6.26 Å². The van der Waals surface area contributed by atoms with Crippen molar-refractivity contribution in [3.05, 3.63) is 18.4 Å². The average Bonchev–Trinajstić information content (AvgIpc) is 3.18. The van der Waals surface area contributed by atoms with E-state index in [9.17, 15) is 0 Å². The number of halogens is 1. The van der Waals surface area contributed by atoms with Crippen molar-refractivity contribution in [3.63, 3.8) is 0 Å². The zero-order valence-electron chi connectivity index (χ0n) is 12.5. The maximum atomic E-state index is 5.97. The standard InChI is InChI=1S/C13H14N8O.ClH/c1-3-15-11-8-10(18-20(11)2)17-13(14)21-12(8)16-9(19-21)7-5-4-6-22-7;/h4-6,15H,3H2,1-2H3,(H2,14,17,18);1H. The predicted octanol–water partition coefficient (Wildman–Crippen LogP) is 1.71. The van der Waals surface area contributed by atoms with Gasteiger partial charge in [0.15, 0.2) is 17.1 Å². The molecule has 0 saturated heterocycles. The number of nitrogen functional groups attached to an aromatic ring is 1. The molecule has 0 aromatic carbocycles. The zero-order valence-corrected chi connectivity index (χ0v) is 13.3. The van der Waals surface area contributed by atoms with Gasteiger partial charge in [-0.25, -0.2) is 4.98 Å². The summed E-state index contributed by atoms with van der Waals surface area (Å²) >= 11 is 0. The monoisotopic (exact) mass is 334 g/mol. The topological polar surface area (TPSA) is 112 Å². The maximum absolute atomic E-state index is 5.97. The molecule has 0 spiro atoms. The summed E-state index contributed by atoms with van der Waals surface area (Å²) in [5.41, 5.74) is 7.10. The lowest BCUT2D eigenvalue weighted by Gasteiger charge is -2.03. The van der Waals surface area contributed by atoms with Crippen molar-refractivity contribution in [1.82, 2.24) is 29.4 Å². The second kappa shape index (κ2) is 5.43. The Bertz CT molecular complexity index is 971. The first kappa shape index (κ1) is 15.1. The molecule has 23 heavy (non-hydrogen) atoms. The van der Waals surface area contributed by atoms with Gasteiger partial charge < -0.3 is 15.5 Å². The molecule has 0 amide bonds. The predicted molar refractivity (Wildman–Crippen MR) is 88.6 cm³/mol. The SMILES string of the molecule is CCNc1c2c(nc(N)n3nc(-c4ccco4)nc23)nn1C.Cl. The van der Waals surface area contributed by atoms with E-state index in [-0.39, 0.29) is 18.4 Å². The highest BCUT2D eigenvalue weighted by molar-refractivity contribution is 5.99. The van der Waals surface area contributed by atoms with Crippen LogP contribution >= 0.6 is 12.4 Å². The van der Waals surface area contributed by atoms with E-state index in [0.29, 0.717) is 22.9 Å². The second-order valence-corrected chi connectivity index (χ2v) is 4.82. The molecule has 0 atom stereocenters. The van der Waals surface area contributed by atoms with Crippen LogP contribution in [0.3, 0.4) is 0 Å². The van der Waals surface area contributed by atoms with Gasteiger partial charge in [-0.05, 0) is 19.1 Å². The normalized spacial score (nSPS) is 11.0. The van der Waals surface area contributed by atoms with E-state index in [4.69, 9.17) is 10.2 Å². The van der Waals surface area contributed by atoms with E-state index >= 15 is 0 Å². The molecule has 10 heteroatoms. The fourth-order valence-electron chi connectivity index (χ4n) is 2.46. The largest absolute Gasteiger partial charge is 0.461 e. The van der Waals surface area contributed by atoms with Gasteiger partial charge in [0, 0.05) is 13.6 Å². The first-order valence-electron chi connectivity index (χ1n) is 6.85. The van der Waals surface area contributed by atoms with Crippen molar-refractivity contribution in [2.75, 3.05) is 17.6 Å². The summed E-state index contributed by atoms with van der Waals surface area (Å²) < 4.78 is 8.57. The minimum absolute atomic E-state index is 0. The highest BCUT2D eigenvalue weighted by Gasteiger charge is 2.20. The number of hydrogen-bond donors (Lipinski definition) is 2. The molecule has 0 unspecified atom stereocenters. The summed E-state index contributed by atoms with van der Waals surface area (Å²) in [6.07, 6.45) is 1.58. The molecule has 120 valence electrons. The Labute approximate surface area is 136 Å². The third-order valence-electron chi connectivity index (χ3n) is 3.38. The van der Waals surface area contributed by atoms with Crippen LogP contribution in [-0.4, -0.2) is 35.9 Å². The van der Waals surface area contributed by atoms with Gasteiger partial charge in [0.1, 0.15) is 11.2 Å². The van der Waals surface area contributed by atoms with Gasteiger partial charge in [0.2, 0.25) is 11.8 Å². The number of aromatic nitrogens is 6. The molecule has 0 bridgehead atoms. The van der Waals surface area contributed by atoms with Crippen molar-refractivity contribution in [1.29, 1.82) is 0 Å². The third kappa shape index (κ3) is 2.16. The number of aryl methyl sites for hydroxylation is 1. The van der Waals surface area contributed by atoms with Crippen molar-refractivity contribution < 1.29 is 4.42 Å². The Balaban J connectivity index is 0.00000156. The fourth-order valence-corrected chi connectivity index (χ4v) is 2.46. The Morgan fingerprint density at radius 3 is 2.83 bits per heavy atom. The van der Waals surface area contributed by atoms with E-state index in [1.54, 1.807) is 23.1 Å². The fraction of sp³-hybridized carbons (Fsp3) is 0.231. The minimum atomic E-state index is 0. The summed E-state index contributed by atoms with van der Waals surface area (Å²) in [6, 6.07) is 3.58. The van der Waals surface area contributed by atoms with Crippen molar-refractivity contribution in [3.8, 4) is 11.6 Å². The van der Waals surface area contributed by atoms with Crippen LogP contribution in [0.15, 0.2) is 22.8 Å². The van der Waals surface area contributed by atoms with E-state index in [1.807, 2.05) is 14.0 Å². The number of anilines is 2. The molecule has 0 aliphatic carbocycles. The Kier molecular flexibility index (Phi) is 3.57. The average molecular weight is 335 g/mol. The molecule has 4 aromatic heterocycles. The number of nitrogens with one attached hydrogen (secondary N) is 1. The number of fused-ring (bicyclic) bond motifs is 3. The highest BCUT2D eigenvalue weighted by atomic mass is 35.5. The molecule has 4 rings (SSSR count). The molecule has 0 aliphatic heterocycles. The van der Waals surface area contributed by atoms with Crippen molar-refractivity contribution in [2.24, 2.45) is 7.05 Å². The third-order valence-corrected chi connectivity index (χ3v) is 3.38. The summed E-state index contributed by atoms with van der Waals surface area (Å²) in [5, 5.41) is 12.8. The van der Waals surface area contributed by atoms with Crippen LogP contribution in [0.5, 0.6) is 0 Å². The van der Waals surface area contributed by atoms with Crippen LogP contribution in [0.4, 0.5) is 11.8 Å². The lowest BCUT2D eigenvalue weighted by Crippen LogP contribution is -2.04. The van der Waals surface area contributed by atoms with Gasteiger partial charge in [-0.1, -0.05) is 0 Å². The lowest BCUT2D eigenvalue weighted by molar-refractivity contribution is 0.577. The first-order valence-corrected chi connectivity index (χ1v) is 6.85. The van der Waals surface area contributed by atoms with Crippen LogP contribution in [0.1, 0.15) is 6.92 Å². The maximum Gasteiger partial charge on any atom is 0.225 e. The van der Waals surface area contributed by atoms with Crippen LogP contribution in [-0.2, 0) is 7.05 Å². The zero-order chi connectivity index (χ0) is 15.3. The molecule has 0 radical (unpaired) electrons. The summed E-state index contributed by atoms with van der Waals surface area (Å²) in [6.45, 7) is 2.77. The van der Waals surface area contributed by atoms with Crippen LogP contribution < -0.4 is 11.1 Å². The molecule has 4 aromatic rings. The molecular formula is C13H15ClN8O. The number of furan rings is 1.